The predicted molar refractivity (Wildman–Crippen MR) is 156 cm³/mol. The van der Waals surface area contributed by atoms with Gasteiger partial charge in [-0.3, -0.25) is 9.59 Å². The molecule has 2 heterocycles. The van der Waals surface area contributed by atoms with Gasteiger partial charge in [-0.2, -0.15) is 0 Å². The lowest BCUT2D eigenvalue weighted by molar-refractivity contribution is -0.137. The number of hydrogen-bond donors (Lipinski definition) is 2. The van der Waals surface area contributed by atoms with E-state index in [1.807, 2.05) is 74.5 Å². The Labute approximate surface area is 246 Å². The van der Waals surface area contributed by atoms with Gasteiger partial charge in [0.15, 0.2) is 11.6 Å². The largest absolute Gasteiger partial charge is 0.448 e. The Kier molecular flexibility index (Phi) is 11.1. The Morgan fingerprint density at radius 2 is 1.71 bits per heavy atom. The van der Waals surface area contributed by atoms with Crippen molar-refractivity contribution in [2.24, 2.45) is 5.92 Å². The number of ether oxygens (including phenoxy) is 1. The third kappa shape index (κ3) is 8.42. The van der Waals surface area contributed by atoms with Gasteiger partial charge in [0.25, 0.3) is 5.91 Å². The Morgan fingerprint density at radius 1 is 1.05 bits per heavy atom. The van der Waals surface area contributed by atoms with Crippen LogP contribution >= 0.6 is 0 Å². The van der Waals surface area contributed by atoms with E-state index >= 15 is 0 Å². The Morgan fingerprint density at radius 3 is 2.36 bits per heavy atom. The number of nitrogens with zero attached hydrogens (tertiary/aromatic N) is 3. The number of alkyl carbamates (subject to hydrolysis) is 1. The highest BCUT2D eigenvalue weighted by Crippen LogP contribution is 2.23. The van der Waals surface area contributed by atoms with Gasteiger partial charge in [-0.1, -0.05) is 74.5 Å². The number of amides is 3. The summed E-state index contributed by atoms with van der Waals surface area (Å²) in [4.78, 5) is 47.3. The smallest absolute Gasteiger partial charge is 0.408 e. The van der Waals surface area contributed by atoms with E-state index < -0.39 is 18.2 Å². The third-order valence-electron chi connectivity index (χ3n) is 7.26. The number of aromatic nitrogens is 1. The van der Waals surface area contributed by atoms with Crippen molar-refractivity contribution in [1.29, 1.82) is 0 Å². The van der Waals surface area contributed by atoms with Gasteiger partial charge in [0.1, 0.15) is 18.9 Å². The molecule has 1 aromatic heterocycles. The quantitative estimate of drug-likeness (QED) is 0.310. The standard InChI is InChI=1S/C32H40N4O6/c1-23(2)19-26(34-32(40)42-21-24-11-5-3-6-12-24)31(39)36(28(20-37)25-13-7-4-8-14-25)18-15-29-33-27(22-41-29)30(38)35-16-9-10-17-35/h3-8,11-14,22-23,26,28,37H,9-10,15-21H2,1-2H3,(H,34,40). The van der Waals surface area contributed by atoms with Crippen LogP contribution in [-0.4, -0.2) is 70.1 Å². The average molecular weight is 577 g/mol. The summed E-state index contributed by atoms with van der Waals surface area (Å²) >= 11 is 0. The topological polar surface area (TPSA) is 125 Å². The summed E-state index contributed by atoms with van der Waals surface area (Å²) in [7, 11) is 0. The number of aliphatic hydroxyl groups excluding tert-OH is 1. The second-order valence-electron chi connectivity index (χ2n) is 10.9. The molecule has 1 aliphatic heterocycles. The van der Waals surface area contributed by atoms with E-state index in [2.05, 4.69) is 10.3 Å². The number of hydrogen-bond acceptors (Lipinski definition) is 7. The van der Waals surface area contributed by atoms with Gasteiger partial charge in [0, 0.05) is 26.1 Å². The number of likely N-dealkylation sites (tertiary alicyclic amines) is 1. The molecule has 10 heteroatoms. The monoisotopic (exact) mass is 576 g/mol. The first-order valence-corrected chi connectivity index (χ1v) is 14.5. The highest BCUT2D eigenvalue weighted by atomic mass is 16.5. The van der Waals surface area contributed by atoms with E-state index in [0.29, 0.717) is 25.4 Å². The summed E-state index contributed by atoms with van der Waals surface area (Å²) in [6.07, 6.45) is 3.19. The first-order chi connectivity index (χ1) is 20.4. The molecule has 4 rings (SSSR count). The highest BCUT2D eigenvalue weighted by Gasteiger charge is 2.33. The van der Waals surface area contributed by atoms with Crippen molar-refractivity contribution in [3.63, 3.8) is 0 Å². The summed E-state index contributed by atoms with van der Waals surface area (Å²) in [5, 5.41) is 13.2. The second kappa shape index (κ2) is 15.2. The van der Waals surface area contributed by atoms with E-state index in [4.69, 9.17) is 9.15 Å². The number of rotatable bonds is 13. The van der Waals surface area contributed by atoms with Crippen LogP contribution in [0.2, 0.25) is 0 Å². The highest BCUT2D eigenvalue weighted by molar-refractivity contribution is 5.92. The fourth-order valence-electron chi connectivity index (χ4n) is 5.10. The average Bonchev–Trinajstić information content (AvgIpc) is 3.71. The Balaban J connectivity index is 1.51. The molecule has 0 radical (unpaired) electrons. The molecule has 0 saturated carbocycles. The summed E-state index contributed by atoms with van der Waals surface area (Å²) in [5.41, 5.74) is 1.83. The molecular formula is C32H40N4O6. The van der Waals surface area contributed by atoms with Crippen molar-refractivity contribution in [1.82, 2.24) is 20.1 Å². The lowest BCUT2D eigenvalue weighted by atomic mass is 10.00. The molecule has 0 bridgehead atoms. The molecule has 2 N–H and O–H groups in total. The lowest BCUT2D eigenvalue weighted by Gasteiger charge is -2.34. The van der Waals surface area contributed by atoms with E-state index in [0.717, 1.165) is 24.0 Å². The van der Waals surface area contributed by atoms with Crippen molar-refractivity contribution in [3.05, 3.63) is 89.6 Å². The molecule has 2 unspecified atom stereocenters. The lowest BCUT2D eigenvalue weighted by Crippen LogP contribution is -2.51. The molecule has 224 valence electrons. The van der Waals surface area contributed by atoms with Crippen molar-refractivity contribution >= 4 is 17.9 Å². The Hall–Kier alpha value is -4.18. The predicted octanol–water partition coefficient (Wildman–Crippen LogP) is 4.36. The van der Waals surface area contributed by atoms with Crippen LogP contribution in [0.5, 0.6) is 0 Å². The van der Waals surface area contributed by atoms with E-state index in [1.165, 1.54) is 6.26 Å². The van der Waals surface area contributed by atoms with Gasteiger partial charge in [0.05, 0.1) is 12.6 Å². The number of carbonyl (C=O) groups is 3. The summed E-state index contributed by atoms with van der Waals surface area (Å²) in [6.45, 7) is 5.24. The molecule has 1 aliphatic rings. The van der Waals surface area contributed by atoms with Crippen LogP contribution in [0.4, 0.5) is 4.79 Å². The van der Waals surface area contributed by atoms with Gasteiger partial charge >= 0.3 is 6.09 Å². The maximum absolute atomic E-state index is 14.1. The van der Waals surface area contributed by atoms with Crippen LogP contribution in [0.25, 0.3) is 0 Å². The summed E-state index contributed by atoms with van der Waals surface area (Å²) < 4.78 is 11.0. The minimum Gasteiger partial charge on any atom is -0.448 e. The third-order valence-corrected chi connectivity index (χ3v) is 7.26. The molecule has 42 heavy (non-hydrogen) atoms. The Bertz CT molecular complexity index is 1290. The van der Waals surface area contributed by atoms with Crippen molar-refractivity contribution in [2.45, 2.75) is 58.2 Å². The molecule has 2 atom stereocenters. The maximum Gasteiger partial charge on any atom is 0.408 e. The molecular weight excluding hydrogens is 536 g/mol. The molecule has 3 amide bonds. The fraction of sp³-hybridized carbons (Fsp3) is 0.438. The zero-order valence-electron chi connectivity index (χ0n) is 24.3. The normalized spacial score (nSPS) is 14.4. The zero-order chi connectivity index (χ0) is 29.9. The molecule has 1 saturated heterocycles. The van der Waals surface area contributed by atoms with Gasteiger partial charge in [0.2, 0.25) is 5.91 Å². The van der Waals surface area contributed by atoms with Crippen LogP contribution in [-0.2, 0) is 22.6 Å². The number of aliphatic hydroxyl groups is 1. The minimum atomic E-state index is -0.886. The van der Waals surface area contributed by atoms with Crippen LogP contribution in [0.3, 0.4) is 0 Å². The molecule has 10 nitrogen and oxygen atoms in total. The van der Waals surface area contributed by atoms with E-state index in [1.54, 1.807) is 9.80 Å². The van der Waals surface area contributed by atoms with Crippen molar-refractivity contribution in [3.8, 4) is 0 Å². The number of carbonyl (C=O) groups excluding carboxylic acids is 3. The number of oxazole rings is 1. The van der Waals surface area contributed by atoms with Crippen LogP contribution in [0.1, 0.15) is 66.7 Å². The minimum absolute atomic E-state index is 0.0743. The maximum atomic E-state index is 14.1. The molecule has 3 aromatic rings. The van der Waals surface area contributed by atoms with Crippen molar-refractivity contribution in [2.75, 3.05) is 26.2 Å². The fourth-order valence-corrected chi connectivity index (χ4v) is 5.10. The molecule has 0 spiro atoms. The van der Waals surface area contributed by atoms with Crippen LogP contribution < -0.4 is 5.32 Å². The van der Waals surface area contributed by atoms with Gasteiger partial charge < -0.3 is 29.4 Å². The zero-order valence-corrected chi connectivity index (χ0v) is 24.3. The van der Waals surface area contributed by atoms with E-state index in [9.17, 15) is 19.5 Å². The molecule has 2 aromatic carbocycles. The first-order valence-electron chi connectivity index (χ1n) is 14.5. The number of nitrogens with one attached hydrogen (secondary N) is 1. The first kappa shape index (κ1) is 30.8. The summed E-state index contributed by atoms with van der Waals surface area (Å²) in [5.74, 6) is -0.118. The SMILES string of the molecule is CC(C)CC(NC(=O)OCc1ccccc1)C(=O)N(CCc1nc(C(=O)N2CCCC2)co1)C(CO)c1ccccc1. The van der Waals surface area contributed by atoms with Gasteiger partial charge in [-0.25, -0.2) is 9.78 Å². The summed E-state index contributed by atoms with van der Waals surface area (Å²) in [6, 6.07) is 17.0. The second-order valence-corrected chi connectivity index (χ2v) is 10.9. The van der Waals surface area contributed by atoms with Gasteiger partial charge in [-0.15, -0.1) is 0 Å². The molecule has 0 aliphatic carbocycles. The van der Waals surface area contributed by atoms with Crippen LogP contribution in [0, 0.1) is 5.92 Å². The van der Waals surface area contributed by atoms with Crippen LogP contribution in [0.15, 0.2) is 71.3 Å². The number of benzene rings is 2. The van der Waals surface area contributed by atoms with Gasteiger partial charge in [-0.05, 0) is 36.3 Å². The molecule has 1 fully saturated rings. The van der Waals surface area contributed by atoms with E-state index in [-0.39, 0.29) is 49.6 Å². The van der Waals surface area contributed by atoms with Crippen molar-refractivity contribution < 1.29 is 28.6 Å².